The van der Waals surface area contributed by atoms with Crippen molar-refractivity contribution in [2.45, 2.75) is 38.3 Å². The van der Waals surface area contributed by atoms with E-state index in [9.17, 15) is 13.9 Å². The Morgan fingerprint density at radius 1 is 1.32 bits per heavy atom. The molecule has 2 atom stereocenters. The third kappa shape index (κ3) is 3.66. The molecule has 3 rings (SSSR count). The van der Waals surface area contributed by atoms with E-state index in [-0.39, 0.29) is 23.9 Å². The molecule has 0 unspecified atom stereocenters. The minimum Gasteiger partial charge on any atom is -0.496 e. The van der Waals surface area contributed by atoms with Gasteiger partial charge in [-0.05, 0) is 43.2 Å². The second kappa shape index (κ2) is 7.56. The molecule has 25 heavy (non-hydrogen) atoms. The van der Waals surface area contributed by atoms with Crippen LogP contribution >= 0.6 is 0 Å². The quantitative estimate of drug-likeness (QED) is 0.902. The monoisotopic (exact) mass is 355 g/mol. The van der Waals surface area contributed by atoms with Gasteiger partial charge in [0.25, 0.3) is 0 Å². The number of aliphatic hydroxyl groups is 1. The maximum atomic E-state index is 14.2. The summed E-state index contributed by atoms with van der Waals surface area (Å²) in [6.45, 7) is 5.02. The zero-order valence-electron chi connectivity index (χ0n) is 14.9. The average molecular weight is 355 g/mol. The predicted molar refractivity (Wildman–Crippen MR) is 90.5 cm³/mol. The average Bonchev–Trinajstić information content (AvgIpc) is 2.63. The molecule has 0 aliphatic carbocycles. The lowest BCUT2D eigenvalue weighted by Crippen LogP contribution is -2.55. The van der Waals surface area contributed by atoms with Gasteiger partial charge in [0.2, 0.25) is 0 Å². The summed E-state index contributed by atoms with van der Waals surface area (Å²) < 4.78 is 38.4. The minimum absolute atomic E-state index is 0.0620. The van der Waals surface area contributed by atoms with Crippen LogP contribution in [-0.4, -0.2) is 49.0 Å². The largest absolute Gasteiger partial charge is 0.496 e. The molecule has 140 valence electrons. The van der Waals surface area contributed by atoms with E-state index >= 15 is 0 Å². The van der Waals surface area contributed by atoms with E-state index in [0.29, 0.717) is 38.5 Å². The van der Waals surface area contributed by atoms with Crippen molar-refractivity contribution in [3.05, 3.63) is 29.3 Å². The highest BCUT2D eigenvalue weighted by Crippen LogP contribution is 2.40. The standard InChI is InChI=1S/C19H27F2NO3/c1-13-11-22(8-7-19(13,23)14-5-9-25-10-6-14)12-15-17(24-2)4-3-16(20)18(15)21/h3-4,13-14,23H,5-12H2,1-2H3/t13-,19+/m1/s1. The van der Waals surface area contributed by atoms with E-state index in [4.69, 9.17) is 9.47 Å². The fourth-order valence-electron chi connectivity index (χ4n) is 4.30. The van der Waals surface area contributed by atoms with Crippen LogP contribution in [0.4, 0.5) is 8.78 Å². The Morgan fingerprint density at radius 2 is 2.04 bits per heavy atom. The third-order valence-electron chi connectivity index (χ3n) is 5.90. The molecule has 1 aromatic carbocycles. The van der Waals surface area contributed by atoms with Crippen molar-refractivity contribution in [1.29, 1.82) is 0 Å². The summed E-state index contributed by atoms with van der Waals surface area (Å²) in [5.41, 5.74) is -0.462. The number of hydrogen-bond donors (Lipinski definition) is 1. The van der Waals surface area contributed by atoms with Crippen molar-refractivity contribution < 1.29 is 23.4 Å². The van der Waals surface area contributed by atoms with Crippen LogP contribution in [0.25, 0.3) is 0 Å². The van der Waals surface area contributed by atoms with Gasteiger partial charge < -0.3 is 14.6 Å². The molecule has 1 aromatic rings. The molecule has 2 saturated heterocycles. The van der Waals surface area contributed by atoms with Gasteiger partial charge in [0.15, 0.2) is 11.6 Å². The summed E-state index contributed by atoms with van der Waals surface area (Å²) in [6.07, 6.45) is 2.40. The van der Waals surface area contributed by atoms with Crippen LogP contribution in [0.1, 0.15) is 31.7 Å². The van der Waals surface area contributed by atoms with E-state index in [1.807, 2.05) is 6.92 Å². The Morgan fingerprint density at radius 3 is 2.68 bits per heavy atom. The number of methoxy groups -OCH3 is 1. The number of benzene rings is 1. The number of nitrogens with zero attached hydrogens (tertiary/aromatic N) is 1. The maximum absolute atomic E-state index is 14.2. The molecule has 6 heteroatoms. The zero-order chi connectivity index (χ0) is 18.0. The first-order valence-electron chi connectivity index (χ1n) is 8.99. The summed E-state index contributed by atoms with van der Waals surface area (Å²) in [7, 11) is 1.46. The molecule has 0 bridgehead atoms. The van der Waals surface area contributed by atoms with Gasteiger partial charge in [-0.2, -0.15) is 0 Å². The van der Waals surface area contributed by atoms with Gasteiger partial charge in [0.05, 0.1) is 12.7 Å². The van der Waals surface area contributed by atoms with E-state index in [1.54, 1.807) is 0 Å². The Kier molecular flexibility index (Phi) is 5.61. The number of piperidine rings is 1. The number of ether oxygens (including phenoxy) is 2. The van der Waals surface area contributed by atoms with Gasteiger partial charge in [-0.1, -0.05) is 6.92 Å². The SMILES string of the molecule is COc1ccc(F)c(F)c1CN1CC[C@@](O)(C2CCOCC2)[C@H](C)C1. The Balaban J connectivity index is 1.70. The topological polar surface area (TPSA) is 41.9 Å². The molecule has 4 nitrogen and oxygen atoms in total. The molecular weight excluding hydrogens is 328 g/mol. The van der Waals surface area contributed by atoms with Crippen molar-refractivity contribution in [2.75, 3.05) is 33.4 Å². The lowest BCUT2D eigenvalue weighted by atomic mass is 9.70. The zero-order valence-corrected chi connectivity index (χ0v) is 14.9. The summed E-state index contributed by atoms with van der Waals surface area (Å²) in [5.74, 6) is -1.04. The normalized spacial score (nSPS) is 28.9. The lowest BCUT2D eigenvalue weighted by Gasteiger charge is -2.48. The fraction of sp³-hybridized carbons (Fsp3) is 0.684. The molecule has 0 aromatic heterocycles. The smallest absolute Gasteiger partial charge is 0.167 e. The molecular formula is C19H27F2NO3. The van der Waals surface area contributed by atoms with Crippen molar-refractivity contribution in [1.82, 2.24) is 4.90 Å². The molecule has 0 spiro atoms. The van der Waals surface area contributed by atoms with Gasteiger partial charge in [0, 0.05) is 38.4 Å². The molecule has 0 amide bonds. The third-order valence-corrected chi connectivity index (χ3v) is 5.90. The van der Waals surface area contributed by atoms with Gasteiger partial charge in [-0.15, -0.1) is 0 Å². The maximum Gasteiger partial charge on any atom is 0.167 e. The first-order valence-corrected chi connectivity index (χ1v) is 8.99. The molecule has 2 aliphatic rings. The van der Waals surface area contributed by atoms with E-state index < -0.39 is 17.2 Å². The van der Waals surface area contributed by atoms with Gasteiger partial charge in [-0.25, -0.2) is 8.78 Å². The first kappa shape index (κ1) is 18.5. The fourth-order valence-corrected chi connectivity index (χ4v) is 4.30. The van der Waals surface area contributed by atoms with E-state index in [0.717, 1.165) is 18.9 Å². The van der Waals surface area contributed by atoms with Crippen molar-refractivity contribution >= 4 is 0 Å². The number of rotatable bonds is 4. The molecule has 0 radical (unpaired) electrons. The number of likely N-dealkylation sites (tertiary alicyclic amines) is 1. The van der Waals surface area contributed by atoms with Crippen LogP contribution < -0.4 is 4.74 Å². The molecule has 2 aliphatic heterocycles. The Labute approximate surface area is 147 Å². The van der Waals surface area contributed by atoms with Crippen LogP contribution in [0.15, 0.2) is 12.1 Å². The Hall–Kier alpha value is -1.24. The van der Waals surface area contributed by atoms with Gasteiger partial charge >= 0.3 is 0 Å². The van der Waals surface area contributed by atoms with Crippen LogP contribution in [0, 0.1) is 23.5 Å². The molecule has 0 saturated carbocycles. The summed E-state index contributed by atoms with van der Waals surface area (Å²) in [6, 6.07) is 2.54. The van der Waals surface area contributed by atoms with E-state index in [2.05, 4.69) is 4.90 Å². The first-order chi connectivity index (χ1) is 12.0. The van der Waals surface area contributed by atoms with Crippen LogP contribution in [0.2, 0.25) is 0 Å². The summed E-state index contributed by atoms with van der Waals surface area (Å²) in [5, 5.41) is 11.2. The number of halogens is 2. The second-order valence-electron chi connectivity index (χ2n) is 7.31. The lowest BCUT2D eigenvalue weighted by molar-refractivity contribution is -0.131. The highest BCUT2D eigenvalue weighted by molar-refractivity contribution is 5.35. The minimum atomic E-state index is -0.862. The molecule has 2 fully saturated rings. The van der Waals surface area contributed by atoms with E-state index in [1.165, 1.54) is 13.2 Å². The molecule has 2 heterocycles. The van der Waals surface area contributed by atoms with Gasteiger partial charge in [0.1, 0.15) is 5.75 Å². The van der Waals surface area contributed by atoms with Crippen molar-refractivity contribution in [2.24, 2.45) is 11.8 Å². The van der Waals surface area contributed by atoms with Gasteiger partial charge in [-0.3, -0.25) is 4.90 Å². The van der Waals surface area contributed by atoms with Crippen molar-refractivity contribution in [3.63, 3.8) is 0 Å². The van der Waals surface area contributed by atoms with Crippen LogP contribution in [-0.2, 0) is 11.3 Å². The number of hydrogen-bond acceptors (Lipinski definition) is 4. The van der Waals surface area contributed by atoms with Crippen LogP contribution in [0.3, 0.4) is 0 Å². The molecule has 1 N–H and O–H groups in total. The second-order valence-corrected chi connectivity index (χ2v) is 7.31. The summed E-state index contributed by atoms with van der Waals surface area (Å²) in [4.78, 5) is 2.07. The van der Waals surface area contributed by atoms with Crippen LogP contribution in [0.5, 0.6) is 5.75 Å². The summed E-state index contributed by atoms with van der Waals surface area (Å²) >= 11 is 0. The Bertz CT molecular complexity index is 607. The van der Waals surface area contributed by atoms with Crippen molar-refractivity contribution in [3.8, 4) is 5.75 Å². The predicted octanol–water partition coefficient (Wildman–Crippen LogP) is 2.97. The highest BCUT2D eigenvalue weighted by atomic mass is 19.2. The highest BCUT2D eigenvalue weighted by Gasteiger charge is 2.45.